The normalized spacial score (nSPS) is 18.8. The zero-order valence-electron chi connectivity index (χ0n) is 14.1. The van der Waals surface area contributed by atoms with Crippen molar-refractivity contribution in [2.75, 3.05) is 6.61 Å². The quantitative estimate of drug-likeness (QED) is 0.767. The number of benzene rings is 1. The molecule has 0 saturated heterocycles. The summed E-state index contributed by atoms with van der Waals surface area (Å²) in [6.45, 7) is 2.10. The van der Waals surface area contributed by atoms with Gasteiger partial charge in [0, 0.05) is 35.6 Å². The molecule has 0 spiro atoms. The van der Waals surface area contributed by atoms with Gasteiger partial charge in [-0.3, -0.25) is 9.20 Å². The summed E-state index contributed by atoms with van der Waals surface area (Å²) in [6, 6.07) is 7.66. The van der Waals surface area contributed by atoms with Crippen LogP contribution in [0.25, 0.3) is 4.96 Å². The highest BCUT2D eigenvalue weighted by molar-refractivity contribution is 7.17. The lowest BCUT2D eigenvalue weighted by Gasteiger charge is -2.05. The average molecular weight is 369 g/mol. The lowest BCUT2D eigenvalue weighted by atomic mass is 10.1. The molecule has 0 aliphatic heterocycles. The van der Waals surface area contributed by atoms with Gasteiger partial charge in [0.25, 0.3) is 5.56 Å². The number of hydrogen-bond donors (Lipinski definition) is 1. The Balaban J connectivity index is 1.73. The molecule has 2 aromatic heterocycles. The Labute approximate surface area is 153 Å². The number of hydrogen-bond acceptors (Lipinski definition) is 5. The molecule has 0 unspecified atom stereocenters. The molecule has 0 radical (unpaired) electrons. The van der Waals surface area contributed by atoms with E-state index in [0.29, 0.717) is 17.1 Å². The Hall–Kier alpha value is -2.56. The summed E-state index contributed by atoms with van der Waals surface area (Å²) in [5, 5.41) is 18.3. The summed E-state index contributed by atoms with van der Waals surface area (Å²) in [4.78, 5) is 19.0. The van der Waals surface area contributed by atoms with E-state index in [0.717, 1.165) is 22.6 Å². The Morgan fingerprint density at radius 3 is 2.96 bits per heavy atom. The van der Waals surface area contributed by atoms with E-state index in [4.69, 9.17) is 5.26 Å². The van der Waals surface area contributed by atoms with Crippen molar-refractivity contribution < 1.29 is 9.50 Å². The molecular formula is C19H16FN3O2S. The van der Waals surface area contributed by atoms with Gasteiger partial charge in [-0.1, -0.05) is 6.07 Å². The van der Waals surface area contributed by atoms with E-state index in [-0.39, 0.29) is 29.6 Å². The highest BCUT2D eigenvalue weighted by Crippen LogP contribution is 2.49. The molecule has 3 aromatic rings. The van der Waals surface area contributed by atoms with Crippen LogP contribution in [0, 0.1) is 30.0 Å². The molecule has 1 aromatic carbocycles. The molecule has 0 bridgehead atoms. The van der Waals surface area contributed by atoms with Crippen LogP contribution < -0.4 is 5.56 Å². The van der Waals surface area contributed by atoms with Gasteiger partial charge in [0.15, 0.2) is 4.96 Å². The van der Waals surface area contributed by atoms with Crippen LogP contribution in [-0.2, 0) is 6.42 Å². The van der Waals surface area contributed by atoms with Gasteiger partial charge < -0.3 is 5.11 Å². The molecule has 2 atom stereocenters. The van der Waals surface area contributed by atoms with Crippen molar-refractivity contribution in [1.82, 2.24) is 9.38 Å². The summed E-state index contributed by atoms with van der Waals surface area (Å²) in [6.07, 6.45) is 1.25. The number of nitrogens with zero attached hydrogens (tertiary/aromatic N) is 3. The number of aromatic nitrogens is 2. The number of nitriles is 1. The highest BCUT2D eigenvalue weighted by Gasteiger charge is 2.41. The second-order valence-electron chi connectivity index (χ2n) is 6.63. The van der Waals surface area contributed by atoms with E-state index in [2.05, 4.69) is 4.98 Å². The van der Waals surface area contributed by atoms with Crippen LogP contribution in [0.15, 0.2) is 29.1 Å². The molecule has 2 heterocycles. The monoisotopic (exact) mass is 369 g/mol. The van der Waals surface area contributed by atoms with Crippen LogP contribution in [0.2, 0.25) is 0 Å². The second kappa shape index (κ2) is 6.31. The lowest BCUT2D eigenvalue weighted by Crippen LogP contribution is -2.17. The number of aliphatic hydroxyl groups is 1. The molecule has 1 aliphatic carbocycles. The van der Waals surface area contributed by atoms with E-state index >= 15 is 0 Å². The summed E-state index contributed by atoms with van der Waals surface area (Å²) >= 11 is 1.47. The maximum Gasteiger partial charge on any atom is 0.258 e. The van der Waals surface area contributed by atoms with E-state index in [1.54, 1.807) is 10.5 Å². The summed E-state index contributed by atoms with van der Waals surface area (Å²) in [5.41, 5.74) is 2.12. The largest absolute Gasteiger partial charge is 0.396 e. The minimum Gasteiger partial charge on any atom is -0.396 e. The zero-order chi connectivity index (χ0) is 18.4. The molecule has 26 heavy (non-hydrogen) atoms. The van der Waals surface area contributed by atoms with Gasteiger partial charge >= 0.3 is 0 Å². The molecule has 0 amide bonds. The third-order valence-electron chi connectivity index (χ3n) is 4.83. The number of aliphatic hydroxyl groups excluding tert-OH is 1. The third kappa shape index (κ3) is 2.81. The Bertz CT molecular complexity index is 1110. The molecule has 5 nitrogen and oxygen atoms in total. The predicted molar refractivity (Wildman–Crippen MR) is 95.9 cm³/mol. The van der Waals surface area contributed by atoms with Gasteiger partial charge in [0.2, 0.25) is 0 Å². The van der Waals surface area contributed by atoms with Gasteiger partial charge in [-0.25, -0.2) is 9.37 Å². The molecule has 1 N–H and O–H groups in total. The van der Waals surface area contributed by atoms with Crippen molar-refractivity contribution in [3.8, 4) is 6.07 Å². The summed E-state index contributed by atoms with van der Waals surface area (Å²) in [7, 11) is 0. The van der Waals surface area contributed by atoms with Crippen molar-refractivity contribution in [1.29, 1.82) is 5.26 Å². The minimum atomic E-state index is -0.555. The van der Waals surface area contributed by atoms with Crippen LogP contribution in [0.4, 0.5) is 4.39 Å². The minimum absolute atomic E-state index is 0.0154. The second-order valence-corrected chi connectivity index (χ2v) is 7.82. The fourth-order valence-electron chi connectivity index (χ4n) is 3.42. The van der Waals surface area contributed by atoms with Gasteiger partial charge in [-0.05, 0) is 37.0 Å². The Morgan fingerprint density at radius 1 is 1.46 bits per heavy atom. The van der Waals surface area contributed by atoms with Crippen molar-refractivity contribution in [2.24, 2.45) is 5.92 Å². The maximum atomic E-state index is 13.5. The lowest BCUT2D eigenvalue weighted by molar-refractivity contribution is 0.273. The molecule has 132 valence electrons. The van der Waals surface area contributed by atoms with Crippen molar-refractivity contribution in [3.05, 3.63) is 67.8 Å². The fraction of sp³-hybridized carbons (Fsp3) is 0.316. The number of halogens is 1. The fourth-order valence-corrected chi connectivity index (χ4v) is 4.49. The van der Waals surface area contributed by atoms with E-state index in [9.17, 15) is 14.3 Å². The first-order valence-electron chi connectivity index (χ1n) is 8.33. The number of thiazole rings is 1. The third-order valence-corrected chi connectivity index (χ3v) is 5.80. The van der Waals surface area contributed by atoms with Gasteiger partial charge in [-0.2, -0.15) is 5.26 Å². The summed E-state index contributed by atoms with van der Waals surface area (Å²) < 4.78 is 15.1. The van der Waals surface area contributed by atoms with Crippen LogP contribution in [0.1, 0.15) is 39.7 Å². The van der Waals surface area contributed by atoms with Crippen molar-refractivity contribution >= 4 is 16.3 Å². The predicted octanol–water partition coefficient (Wildman–Crippen LogP) is 2.76. The number of aryl methyl sites for hydroxylation is 1. The van der Waals surface area contributed by atoms with Crippen molar-refractivity contribution in [2.45, 2.75) is 25.7 Å². The molecule has 1 aliphatic rings. The molecule has 4 rings (SSSR count). The van der Waals surface area contributed by atoms with Crippen LogP contribution in [0.3, 0.4) is 0 Å². The van der Waals surface area contributed by atoms with Crippen LogP contribution in [-0.4, -0.2) is 21.1 Å². The van der Waals surface area contributed by atoms with E-state index < -0.39 is 5.82 Å². The maximum absolute atomic E-state index is 13.5. The Kier molecular flexibility index (Phi) is 4.10. The number of fused-ring (bicyclic) bond motifs is 1. The zero-order valence-corrected chi connectivity index (χ0v) is 14.9. The van der Waals surface area contributed by atoms with E-state index in [1.807, 2.05) is 13.0 Å². The summed E-state index contributed by atoms with van der Waals surface area (Å²) in [5.74, 6) is -0.114. The smallest absolute Gasteiger partial charge is 0.258 e. The van der Waals surface area contributed by atoms with Crippen molar-refractivity contribution in [3.63, 3.8) is 0 Å². The average Bonchev–Trinajstić information content (AvgIpc) is 3.31. The standard InChI is InChI=1S/C19H16FN3O2S/c1-10-18(15-6-13(15)9-24)23-17(25)7-14(22-19(23)26-10)5-11-2-3-16(20)12(4-11)8-21/h2-4,7,13,15,24H,5-6,9H2,1H3/t13-,15+/m0/s1. The van der Waals surface area contributed by atoms with Gasteiger partial charge in [-0.15, -0.1) is 11.3 Å². The molecule has 1 fully saturated rings. The first-order valence-corrected chi connectivity index (χ1v) is 9.14. The first kappa shape index (κ1) is 16.9. The number of rotatable bonds is 4. The molecule has 7 heteroatoms. The first-order chi connectivity index (χ1) is 12.5. The van der Waals surface area contributed by atoms with Gasteiger partial charge in [0.1, 0.15) is 11.9 Å². The molecule has 1 saturated carbocycles. The Morgan fingerprint density at radius 2 is 2.27 bits per heavy atom. The highest BCUT2D eigenvalue weighted by atomic mass is 32.1. The topological polar surface area (TPSA) is 78.4 Å². The molecular weight excluding hydrogens is 353 g/mol. The SMILES string of the molecule is Cc1sc2nc(Cc3ccc(F)c(C#N)c3)cc(=O)n2c1[C@@H]1C[C@H]1CO. The van der Waals surface area contributed by atoms with Crippen LogP contribution in [0.5, 0.6) is 0 Å². The van der Waals surface area contributed by atoms with E-state index in [1.165, 1.54) is 29.5 Å². The van der Waals surface area contributed by atoms with Gasteiger partial charge in [0.05, 0.1) is 11.3 Å². The van der Waals surface area contributed by atoms with Crippen LogP contribution >= 0.6 is 11.3 Å².